The number of rotatable bonds is 7. The molecule has 0 spiro atoms. The van der Waals surface area contributed by atoms with Crippen LogP contribution in [0.25, 0.3) is 33.4 Å². The van der Waals surface area contributed by atoms with Crippen molar-refractivity contribution in [3.63, 3.8) is 0 Å². The Hall–Kier alpha value is -8.34. The van der Waals surface area contributed by atoms with E-state index in [0.29, 0.717) is 0 Å². The molecule has 0 atom stereocenters. The first-order valence-electron chi connectivity index (χ1n) is 34.9. The smallest absolute Gasteiger partial charge is 0.252 e. The molecular weight excluding hydrogens is 1130 g/mol. The Balaban J connectivity index is 1.12. The van der Waals surface area contributed by atoms with Crippen LogP contribution in [0.15, 0.2) is 194 Å². The molecule has 0 N–H and O–H groups in total. The van der Waals surface area contributed by atoms with Crippen LogP contribution in [0.3, 0.4) is 0 Å². The van der Waals surface area contributed by atoms with E-state index in [0.717, 1.165) is 29.9 Å². The van der Waals surface area contributed by atoms with Crippen molar-refractivity contribution in [2.45, 2.75) is 195 Å². The summed E-state index contributed by atoms with van der Waals surface area (Å²) in [6.45, 7) is 47.9. The molecule has 2 heterocycles. The molecule has 0 fully saturated rings. The fourth-order valence-electron chi connectivity index (χ4n) is 18.3. The van der Waals surface area contributed by atoms with Crippen molar-refractivity contribution in [2.75, 3.05) is 14.7 Å². The van der Waals surface area contributed by atoms with Crippen LogP contribution in [0.2, 0.25) is 0 Å². The molecule has 0 bridgehead atoms. The third-order valence-corrected chi connectivity index (χ3v) is 22.8. The van der Waals surface area contributed by atoms with Crippen molar-refractivity contribution in [3.8, 4) is 33.4 Å². The van der Waals surface area contributed by atoms with Gasteiger partial charge >= 0.3 is 0 Å². The van der Waals surface area contributed by atoms with Gasteiger partial charge in [-0.15, -0.1) is 0 Å². The highest BCUT2D eigenvalue weighted by atomic mass is 15.2. The van der Waals surface area contributed by atoms with E-state index in [-0.39, 0.29) is 50.0 Å². The summed E-state index contributed by atoms with van der Waals surface area (Å²) in [4.78, 5) is 8.05. The molecule has 5 aliphatic rings. The van der Waals surface area contributed by atoms with E-state index in [2.05, 4.69) is 347 Å². The third-order valence-electron chi connectivity index (χ3n) is 22.8. The van der Waals surface area contributed by atoms with Gasteiger partial charge < -0.3 is 14.7 Å². The lowest BCUT2D eigenvalue weighted by Crippen LogP contribution is -2.61. The van der Waals surface area contributed by atoms with E-state index < -0.39 is 0 Å². The highest BCUT2D eigenvalue weighted by Crippen LogP contribution is 2.58. The lowest BCUT2D eigenvalue weighted by molar-refractivity contribution is 0.402. The summed E-state index contributed by atoms with van der Waals surface area (Å²) in [6.07, 6.45) is 2.15. The molecule has 0 amide bonds. The normalized spacial score (nSPS) is 17.2. The number of fused-ring (bicyclic) bond motifs is 9. The van der Waals surface area contributed by atoms with Gasteiger partial charge in [0.05, 0.1) is 11.4 Å². The Kier molecular flexibility index (Phi) is 13.5. The largest absolute Gasteiger partial charge is 0.311 e. The van der Waals surface area contributed by atoms with Crippen molar-refractivity contribution < 1.29 is 0 Å². The summed E-state index contributed by atoms with van der Waals surface area (Å²) >= 11 is 0. The van der Waals surface area contributed by atoms with Gasteiger partial charge in [0.25, 0.3) is 6.71 Å². The number of nitrogens with zero attached hydrogens (tertiary/aromatic N) is 3. The Morgan fingerprint density at radius 1 is 0.340 bits per heavy atom. The molecule has 0 saturated carbocycles. The minimum absolute atomic E-state index is 0.0222. The lowest BCUT2D eigenvalue weighted by atomic mass is 9.33. The summed E-state index contributed by atoms with van der Waals surface area (Å²) in [6, 6.07) is 77.2. The second kappa shape index (κ2) is 20.6. The van der Waals surface area contributed by atoms with Crippen LogP contribution in [-0.4, -0.2) is 6.71 Å². The van der Waals surface area contributed by atoms with Crippen LogP contribution >= 0.6 is 0 Å². The Morgan fingerprint density at radius 2 is 0.819 bits per heavy atom. The van der Waals surface area contributed by atoms with Crippen LogP contribution in [0.1, 0.15) is 200 Å². The van der Waals surface area contributed by atoms with E-state index in [9.17, 15) is 0 Å². The average Bonchev–Trinajstić information content (AvgIpc) is 0.866. The maximum Gasteiger partial charge on any atom is 0.252 e. The molecule has 2 aliphatic heterocycles. The van der Waals surface area contributed by atoms with E-state index in [1.807, 2.05) is 0 Å². The number of benzene rings is 10. The topological polar surface area (TPSA) is 9.72 Å². The van der Waals surface area contributed by atoms with Gasteiger partial charge in [-0.1, -0.05) is 259 Å². The molecule has 15 rings (SSSR count). The van der Waals surface area contributed by atoms with Crippen LogP contribution < -0.4 is 31.1 Å². The average molecular weight is 1230 g/mol. The monoisotopic (exact) mass is 1230 g/mol. The van der Waals surface area contributed by atoms with Crippen LogP contribution in [-0.2, 0) is 43.3 Å². The zero-order chi connectivity index (χ0) is 66.5. The fraction of sp³-hybridized carbons (Fsp3) is 0.333. The van der Waals surface area contributed by atoms with Crippen LogP contribution in [0.5, 0.6) is 0 Å². The van der Waals surface area contributed by atoms with Crippen LogP contribution in [0.4, 0.5) is 51.2 Å². The maximum atomic E-state index is 2.75. The molecule has 0 aromatic heterocycles. The quantitative estimate of drug-likeness (QED) is 0.147. The second-order valence-corrected chi connectivity index (χ2v) is 35.0. The Bertz CT molecular complexity index is 4700. The van der Waals surface area contributed by atoms with E-state index in [1.54, 1.807) is 0 Å². The van der Waals surface area contributed by atoms with Gasteiger partial charge in [0.1, 0.15) is 0 Å². The van der Waals surface area contributed by atoms with Gasteiger partial charge in [-0.3, -0.25) is 0 Å². The molecule has 10 aromatic carbocycles. The van der Waals surface area contributed by atoms with Crippen molar-refractivity contribution in [2.24, 2.45) is 0 Å². The molecule has 0 radical (unpaired) electrons. The van der Waals surface area contributed by atoms with Gasteiger partial charge in [0, 0.05) is 50.8 Å². The minimum Gasteiger partial charge on any atom is -0.311 e. The van der Waals surface area contributed by atoms with E-state index in [1.165, 1.54) is 140 Å². The molecule has 0 unspecified atom stereocenters. The van der Waals surface area contributed by atoms with Gasteiger partial charge in [-0.2, -0.15) is 0 Å². The fourth-order valence-corrected chi connectivity index (χ4v) is 18.3. The summed E-state index contributed by atoms with van der Waals surface area (Å²) in [7, 11) is 0. The van der Waals surface area contributed by atoms with E-state index >= 15 is 0 Å². The summed E-state index contributed by atoms with van der Waals surface area (Å²) in [5.74, 6) is 0. The number of hydrogen-bond donors (Lipinski definition) is 0. The number of aryl methyl sites for hydroxylation is 1. The van der Waals surface area contributed by atoms with Crippen molar-refractivity contribution in [1.82, 2.24) is 0 Å². The summed E-state index contributed by atoms with van der Waals surface area (Å²) in [5, 5.41) is 0. The maximum absolute atomic E-state index is 2.75. The first-order valence-corrected chi connectivity index (χ1v) is 34.9. The van der Waals surface area contributed by atoms with Gasteiger partial charge in [-0.05, 0) is 224 Å². The minimum atomic E-state index is -0.143. The summed E-state index contributed by atoms with van der Waals surface area (Å²) in [5.41, 5.74) is 35.7. The highest BCUT2D eigenvalue weighted by molar-refractivity contribution is 7.00. The number of hydrogen-bond acceptors (Lipinski definition) is 3. The molecule has 4 heteroatoms. The first kappa shape index (κ1) is 61.8. The molecular formula is C90H96BN3. The second-order valence-electron chi connectivity index (χ2n) is 35.0. The highest BCUT2D eigenvalue weighted by Gasteiger charge is 2.50. The molecule has 0 saturated heterocycles. The summed E-state index contributed by atoms with van der Waals surface area (Å²) < 4.78 is 0. The number of anilines is 9. The van der Waals surface area contributed by atoms with Gasteiger partial charge in [0.15, 0.2) is 0 Å². The van der Waals surface area contributed by atoms with Gasteiger partial charge in [-0.25, -0.2) is 0 Å². The first-order chi connectivity index (χ1) is 44.1. The molecule has 474 valence electrons. The zero-order valence-electron chi connectivity index (χ0n) is 59.8. The predicted octanol–water partition coefficient (Wildman–Crippen LogP) is 23.0. The van der Waals surface area contributed by atoms with E-state index in [4.69, 9.17) is 0 Å². The molecule has 94 heavy (non-hydrogen) atoms. The van der Waals surface area contributed by atoms with Crippen LogP contribution in [0, 0.1) is 6.92 Å². The van der Waals surface area contributed by atoms with Crippen molar-refractivity contribution in [3.05, 3.63) is 250 Å². The van der Waals surface area contributed by atoms with Crippen molar-refractivity contribution in [1.29, 1.82) is 0 Å². The SMILES string of the molecule is Cc1cc2c(cc1N1c3cc(-c4cccc5c4-c4ccccc4C5(C)C)ccc3B3c4cc5c(cc4N(c4ccc(C(C)(C)C)cc4-c4ccccc4)c4cc(N(c6ccc(C(C)(C)C)cc6)c6ccc(C(C)(C)C)cc6)cc1c43)C(C)(C)CC5(C)C)C(C)(C)CC2(C)C. The Labute approximate surface area is 563 Å². The van der Waals surface area contributed by atoms with Gasteiger partial charge in [0.2, 0.25) is 0 Å². The lowest BCUT2D eigenvalue weighted by Gasteiger charge is -2.46. The third kappa shape index (κ3) is 9.55. The molecule has 3 aliphatic carbocycles. The standard InChI is InChI=1S/C90H96BN3/c1-55-45-69-71(88(15,16)53-86(69,11)12)51-76(55)94-77-46-57(64-30-26-32-68-81(64)65-29-24-25-31-67(65)90(68,19)20)33-43-73(77)91-74-50-70-72(89(17,18)54-87(70,13)14)52-78(74)93(75-44-38-60(85(8,9)10)47-66(75)56-27-22-21-23-28-56)79-48-63(49-80(94)82(79)91)92(61-39-34-58(35-40-61)83(2,3)4)62-41-36-59(37-42-62)84(5,6)7/h21-52H,53-54H2,1-20H3. The predicted molar refractivity (Wildman–Crippen MR) is 406 cm³/mol. The van der Waals surface area contributed by atoms with Crippen molar-refractivity contribution >= 4 is 74.3 Å². The Morgan fingerprint density at radius 3 is 1.39 bits per heavy atom. The zero-order valence-corrected chi connectivity index (χ0v) is 59.8. The molecule has 3 nitrogen and oxygen atoms in total. The molecule has 10 aromatic rings.